The molecule has 23 heavy (non-hydrogen) atoms. The molecule has 0 bridgehead atoms. The fourth-order valence-electron chi connectivity index (χ4n) is 2.41. The summed E-state index contributed by atoms with van der Waals surface area (Å²) in [4.78, 5) is 12.6. The lowest BCUT2D eigenvalue weighted by molar-refractivity contribution is -0.0161. The molecule has 1 fully saturated rings. The molecular formula is C15H28IN5OS. The molecule has 8 heteroatoms. The van der Waals surface area contributed by atoms with Crippen molar-refractivity contribution in [2.75, 3.05) is 39.8 Å². The maximum atomic E-state index is 5.77. The molecule has 1 aromatic rings. The van der Waals surface area contributed by atoms with Crippen molar-refractivity contribution in [3.05, 3.63) is 15.6 Å². The van der Waals surface area contributed by atoms with Crippen molar-refractivity contribution < 1.29 is 4.74 Å². The number of ether oxygens (including phenoxy) is 1. The predicted octanol–water partition coefficient (Wildman–Crippen LogP) is 1.76. The maximum absolute atomic E-state index is 5.77. The minimum Gasteiger partial charge on any atom is -0.374 e. The zero-order chi connectivity index (χ0) is 15.9. The summed E-state index contributed by atoms with van der Waals surface area (Å²) >= 11 is 1.72. The minimum atomic E-state index is 0. The summed E-state index contributed by atoms with van der Waals surface area (Å²) in [7, 11) is 2.13. The molecule has 1 aromatic heterocycles. The number of guanidine groups is 1. The third kappa shape index (κ3) is 6.90. The molecule has 1 aliphatic rings. The first kappa shape index (κ1) is 20.6. The largest absolute Gasteiger partial charge is 0.374 e. The van der Waals surface area contributed by atoms with Gasteiger partial charge >= 0.3 is 0 Å². The topological polar surface area (TPSA) is 61.8 Å². The van der Waals surface area contributed by atoms with E-state index in [1.165, 1.54) is 4.88 Å². The first-order chi connectivity index (χ1) is 10.6. The quantitative estimate of drug-likeness (QED) is 0.404. The fraction of sp³-hybridized carbons (Fsp3) is 0.733. The molecule has 0 saturated carbocycles. The van der Waals surface area contributed by atoms with E-state index in [9.17, 15) is 0 Å². The van der Waals surface area contributed by atoms with Gasteiger partial charge in [0.2, 0.25) is 0 Å². The van der Waals surface area contributed by atoms with Gasteiger partial charge in [-0.2, -0.15) is 0 Å². The average molecular weight is 453 g/mol. The van der Waals surface area contributed by atoms with Gasteiger partial charge in [0.1, 0.15) is 0 Å². The number of halogens is 1. The number of rotatable bonds is 5. The number of aromatic nitrogens is 1. The molecular weight excluding hydrogens is 425 g/mol. The molecule has 2 heterocycles. The number of thiazole rings is 1. The second-order valence-corrected chi connectivity index (χ2v) is 6.86. The van der Waals surface area contributed by atoms with E-state index in [1.54, 1.807) is 11.3 Å². The van der Waals surface area contributed by atoms with Crippen LogP contribution in [0.1, 0.15) is 22.5 Å². The third-order valence-corrected chi connectivity index (χ3v) is 4.62. The van der Waals surface area contributed by atoms with Crippen LogP contribution in [-0.2, 0) is 11.3 Å². The standard InChI is InChI=1S/C15H27N5OS.HI/c1-5-16-15(17-8-13-10-20(4)6-7-21-13)18-9-14-11(2)19-12(3)22-14;/h13H,5-10H2,1-4H3,(H2,16,17,18);1H. The van der Waals surface area contributed by atoms with Crippen molar-refractivity contribution in [3.63, 3.8) is 0 Å². The van der Waals surface area contributed by atoms with Crippen LogP contribution < -0.4 is 10.6 Å². The highest BCUT2D eigenvalue weighted by Crippen LogP contribution is 2.17. The number of morpholine rings is 1. The van der Waals surface area contributed by atoms with Crippen LogP contribution in [0.3, 0.4) is 0 Å². The second-order valence-electron chi connectivity index (χ2n) is 5.57. The van der Waals surface area contributed by atoms with Gasteiger partial charge in [-0.25, -0.2) is 9.98 Å². The summed E-state index contributed by atoms with van der Waals surface area (Å²) in [6.45, 7) is 11.2. The molecule has 1 aliphatic heterocycles. The van der Waals surface area contributed by atoms with E-state index in [0.717, 1.165) is 49.4 Å². The molecule has 6 nitrogen and oxygen atoms in total. The molecule has 132 valence electrons. The monoisotopic (exact) mass is 453 g/mol. The van der Waals surface area contributed by atoms with Gasteiger partial charge in [0.05, 0.1) is 30.0 Å². The van der Waals surface area contributed by atoms with Gasteiger partial charge in [-0.15, -0.1) is 35.3 Å². The Labute approximate surface area is 160 Å². The number of hydrogen-bond donors (Lipinski definition) is 2. The number of aliphatic imine (C=N–C) groups is 1. The van der Waals surface area contributed by atoms with E-state index in [0.29, 0.717) is 6.54 Å². The van der Waals surface area contributed by atoms with E-state index in [-0.39, 0.29) is 30.1 Å². The number of aryl methyl sites for hydroxylation is 2. The molecule has 2 rings (SSSR count). The van der Waals surface area contributed by atoms with Crippen molar-refractivity contribution in [1.29, 1.82) is 0 Å². The Morgan fingerprint density at radius 1 is 1.43 bits per heavy atom. The molecule has 0 radical (unpaired) electrons. The summed E-state index contributed by atoms with van der Waals surface area (Å²) in [5, 5.41) is 7.76. The molecule has 0 aliphatic carbocycles. The first-order valence-corrected chi connectivity index (χ1v) is 8.65. The van der Waals surface area contributed by atoms with Crippen LogP contribution >= 0.6 is 35.3 Å². The maximum Gasteiger partial charge on any atom is 0.191 e. The highest BCUT2D eigenvalue weighted by atomic mass is 127. The first-order valence-electron chi connectivity index (χ1n) is 7.83. The summed E-state index contributed by atoms with van der Waals surface area (Å²) in [6, 6.07) is 0. The van der Waals surface area contributed by atoms with Gasteiger partial charge in [-0.05, 0) is 27.8 Å². The van der Waals surface area contributed by atoms with Crippen LogP contribution in [0.25, 0.3) is 0 Å². The number of nitrogens with one attached hydrogen (secondary N) is 2. The Morgan fingerprint density at radius 2 is 2.22 bits per heavy atom. The fourth-order valence-corrected chi connectivity index (χ4v) is 3.28. The summed E-state index contributed by atoms with van der Waals surface area (Å²) in [5.74, 6) is 0.838. The van der Waals surface area contributed by atoms with E-state index in [4.69, 9.17) is 4.74 Å². The van der Waals surface area contributed by atoms with Gasteiger partial charge < -0.3 is 20.3 Å². The Hall–Kier alpha value is -0.450. The van der Waals surface area contributed by atoms with E-state index >= 15 is 0 Å². The van der Waals surface area contributed by atoms with Gasteiger partial charge in [0.15, 0.2) is 5.96 Å². The van der Waals surface area contributed by atoms with E-state index in [1.807, 2.05) is 13.8 Å². The molecule has 0 amide bonds. The molecule has 0 aromatic carbocycles. The van der Waals surface area contributed by atoms with Crippen molar-refractivity contribution in [2.24, 2.45) is 4.99 Å². The summed E-state index contributed by atoms with van der Waals surface area (Å²) < 4.78 is 5.77. The van der Waals surface area contributed by atoms with Crippen LogP contribution in [0.2, 0.25) is 0 Å². The highest BCUT2D eigenvalue weighted by molar-refractivity contribution is 14.0. The van der Waals surface area contributed by atoms with E-state index < -0.39 is 0 Å². The molecule has 1 unspecified atom stereocenters. The third-order valence-electron chi connectivity index (χ3n) is 3.56. The van der Waals surface area contributed by atoms with Crippen molar-refractivity contribution in [3.8, 4) is 0 Å². The predicted molar refractivity (Wildman–Crippen MR) is 107 cm³/mol. The molecule has 1 saturated heterocycles. The highest BCUT2D eigenvalue weighted by Gasteiger charge is 2.17. The number of likely N-dealkylation sites (N-methyl/N-ethyl adjacent to an activating group) is 1. The number of nitrogens with zero attached hydrogens (tertiary/aromatic N) is 3. The number of hydrogen-bond acceptors (Lipinski definition) is 5. The zero-order valence-corrected chi connectivity index (χ0v) is 17.5. The SMILES string of the molecule is CCNC(=NCc1sc(C)nc1C)NCC1CN(C)CCO1.I. The Bertz CT molecular complexity index is 508. The minimum absolute atomic E-state index is 0. The summed E-state index contributed by atoms with van der Waals surface area (Å²) in [5.41, 5.74) is 1.08. The molecule has 2 N–H and O–H groups in total. The van der Waals surface area contributed by atoms with Gasteiger partial charge in [-0.1, -0.05) is 0 Å². The van der Waals surface area contributed by atoms with Gasteiger partial charge in [0, 0.05) is 31.1 Å². The Balaban J connectivity index is 0.00000264. The lowest BCUT2D eigenvalue weighted by Crippen LogP contribution is -2.48. The molecule has 1 atom stereocenters. The van der Waals surface area contributed by atoms with Gasteiger partial charge in [0.25, 0.3) is 0 Å². The van der Waals surface area contributed by atoms with Crippen LogP contribution in [0.4, 0.5) is 0 Å². The van der Waals surface area contributed by atoms with Crippen LogP contribution in [0.5, 0.6) is 0 Å². The van der Waals surface area contributed by atoms with Crippen LogP contribution in [-0.4, -0.2) is 61.8 Å². The lowest BCUT2D eigenvalue weighted by atomic mass is 10.3. The second kappa shape index (κ2) is 10.4. The van der Waals surface area contributed by atoms with Crippen LogP contribution in [0, 0.1) is 13.8 Å². The van der Waals surface area contributed by atoms with Gasteiger partial charge in [-0.3, -0.25) is 0 Å². The van der Waals surface area contributed by atoms with Crippen molar-refractivity contribution in [2.45, 2.75) is 33.4 Å². The van der Waals surface area contributed by atoms with Crippen LogP contribution in [0.15, 0.2) is 4.99 Å². The Morgan fingerprint density at radius 3 is 2.83 bits per heavy atom. The lowest BCUT2D eigenvalue weighted by Gasteiger charge is -2.30. The average Bonchev–Trinajstić information content (AvgIpc) is 2.80. The smallest absolute Gasteiger partial charge is 0.191 e. The molecule has 0 spiro atoms. The zero-order valence-electron chi connectivity index (χ0n) is 14.4. The normalized spacial score (nSPS) is 19.3. The Kier molecular flexibility index (Phi) is 9.33. The van der Waals surface area contributed by atoms with Crippen molar-refractivity contribution >= 4 is 41.3 Å². The van der Waals surface area contributed by atoms with Crippen molar-refractivity contribution in [1.82, 2.24) is 20.5 Å². The van der Waals surface area contributed by atoms with E-state index in [2.05, 4.69) is 39.5 Å². The summed E-state index contributed by atoms with van der Waals surface area (Å²) in [6.07, 6.45) is 0.218.